The van der Waals surface area contributed by atoms with Crippen LogP contribution in [0.4, 0.5) is 0 Å². The van der Waals surface area contributed by atoms with E-state index in [0.717, 1.165) is 11.3 Å². The van der Waals surface area contributed by atoms with Crippen molar-refractivity contribution in [2.75, 3.05) is 0 Å². The fourth-order valence-corrected chi connectivity index (χ4v) is 11.8. The van der Waals surface area contributed by atoms with Crippen molar-refractivity contribution in [3.05, 3.63) is 114 Å². The summed E-state index contributed by atoms with van der Waals surface area (Å²) in [7, 11) is -0.120. The van der Waals surface area contributed by atoms with Gasteiger partial charge in [0.15, 0.2) is 0 Å². The molecule has 4 aromatic carbocycles. The van der Waals surface area contributed by atoms with Gasteiger partial charge >= 0.3 is 0 Å². The highest BCUT2D eigenvalue weighted by Gasteiger charge is 2.34. The third kappa shape index (κ3) is 8.61. The van der Waals surface area contributed by atoms with Crippen LogP contribution in [0.5, 0.6) is 0 Å². The van der Waals surface area contributed by atoms with E-state index in [1.807, 2.05) is 12.1 Å². The SMILES string of the molecule is CC(C)c1cc(C(C)C)c(-c2ccccc2P(C2CCCCC2)C2CCCCC2)c(C(C)C)c1.c1ccc(-c2ccccc2)cc1. The highest BCUT2D eigenvalue weighted by atomic mass is 31.1. The van der Waals surface area contributed by atoms with Crippen LogP contribution in [0, 0.1) is 0 Å². The maximum atomic E-state index is 2.56. The van der Waals surface area contributed by atoms with E-state index < -0.39 is 0 Å². The maximum Gasteiger partial charge on any atom is -0.0101 e. The summed E-state index contributed by atoms with van der Waals surface area (Å²) in [6.07, 6.45) is 14.6. The molecular formula is C45H59P. The molecule has 0 aliphatic heterocycles. The van der Waals surface area contributed by atoms with Crippen molar-refractivity contribution in [1.29, 1.82) is 0 Å². The lowest BCUT2D eigenvalue weighted by Crippen LogP contribution is -2.27. The quantitative estimate of drug-likeness (QED) is 0.170. The summed E-state index contributed by atoms with van der Waals surface area (Å²) >= 11 is 0. The summed E-state index contributed by atoms with van der Waals surface area (Å²) < 4.78 is 0. The van der Waals surface area contributed by atoms with Gasteiger partial charge in [-0.15, -0.1) is 0 Å². The zero-order valence-corrected chi connectivity index (χ0v) is 30.5. The molecular weight excluding hydrogens is 571 g/mol. The van der Waals surface area contributed by atoms with E-state index in [1.54, 1.807) is 27.6 Å². The molecule has 0 bridgehead atoms. The largest absolute Gasteiger partial charge is 0.0683 e. The van der Waals surface area contributed by atoms with E-state index >= 15 is 0 Å². The van der Waals surface area contributed by atoms with Crippen molar-refractivity contribution in [2.24, 2.45) is 0 Å². The average molecular weight is 631 g/mol. The Morgan fingerprint density at radius 3 is 1.30 bits per heavy atom. The highest BCUT2D eigenvalue weighted by molar-refractivity contribution is 7.67. The molecule has 0 heterocycles. The van der Waals surface area contributed by atoms with Crippen LogP contribution in [0.15, 0.2) is 97.1 Å². The van der Waals surface area contributed by atoms with Crippen molar-refractivity contribution in [3.63, 3.8) is 0 Å². The molecule has 0 amide bonds. The van der Waals surface area contributed by atoms with Crippen LogP contribution in [0.2, 0.25) is 0 Å². The summed E-state index contributed by atoms with van der Waals surface area (Å²) in [4.78, 5) is 0. The lowest BCUT2D eigenvalue weighted by atomic mass is 9.82. The van der Waals surface area contributed by atoms with Crippen molar-refractivity contribution < 1.29 is 0 Å². The molecule has 1 heteroatoms. The molecule has 2 aliphatic rings. The molecule has 244 valence electrons. The van der Waals surface area contributed by atoms with Crippen LogP contribution < -0.4 is 5.30 Å². The number of hydrogen-bond acceptors (Lipinski definition) is 0. The molecule has 2 saturated carbocycles. The molecule has 0 radical (unpaired) electrons. The van der Waals surface area contributed by atoms with Crippen LogP contribution >= 0.6 is 7.92 Å². The molecule has 0 unspecified atom stereocenters. The minimum atomic E-state index is -0.120. The average Bonchev–Trinajstić information content (AvgIpc) is 3.10. The zero-order valence-electron chi connectivity index (χ0n) is 29.6. The first kappa shape index (κ1) is 34.6. The molecule has 46 heavy (non-hydrogen) atoms. The molecule has 0 aromatic heterocycles. The van der Waals surface area contributed by atoms with Crippen molar-refractivity contribution in [2.45, 2.75) is 135 Å². The van der Waals surface area contributed by atoms with Crippen molar-refractivity contribution >= 4 is 13.2 Å². The van der Waals surface area contributed by atoms with Gasteiger partial charge in [0, 0.05) is 0 Å². The fraction of sp³-hybridized carbons (Fsp3) is 0.467. The predicted molar refractivity (Wildman–Crippen MR) is 206 cm³/mol. The van der Waals surface area contributed by atoms with Gasteiger partial charge in [-0.05, 0) is 99.0 Å². The first-order valence-electron chi connectivity index (χ1n) is 18.5. The van der Waals surface area contributed by atoms with E-state index in [4.69, 9.17) is 0 Å². The number of benzene rings is 4. The lowest BCUT2D eigenvalue weighted by Gasteiger charge is -2.40. The summed E-state index contributed by atoms with van der Waals surface area (Å²) in [5.41, 5.74) is 12.3. The van der Waals surface area contributed by atoms with Crippen LogP contribution in [0.1, 0.15) is 140 Å². The Morgan fingerprint density at radius 2 is 0.891 bits per heavy atom. The summed E-state index contributed by atoms with van der Waals surface area (Å²) in [6, 6.07) is 35.6. The molecule has 0 saturated heterocycles. The Bertz CT molecular complexity index is 1390. The van der Waals surface area contributed by atoms with Crippen LogP contribution in [-0.2, 0) is 0 Å². The monoisotopic (exact) mass is 630 g/mol. The second kappa shape index (κ2) is 16.9. The summed E-state index contributed by atoms with van der Waals surface area (Å²) in [5.74, 6) is 1.64. The van der Waals surface area contributed by atoms with Gasteiger partial charge in [-0.2, -0.15) is 0 Å². The Morgan fingerprint density at radius 1 is 0.478 bits per heavy atom. The third-order valence-corrected chi connectivity index (χ3v) is 14.0. The van der Waals surface area contributed by atoms with Gasteiger partial charge < -0.3 is 0 Å². The molecule has 0 nitrogen and oxygen atoms in total. The molecule has 2 fully saturated rings. The van der Waals surface area contributed by atoms with Gasteiger partial charge in [0.2, 0.25) is 0 Å². The van der Waals surface area contributed by atoms with E-state index in [2.05, 4.69) is 126 Å². The van der Waals surface area contributed by atoms with Gasteiger partial charge in [0.05, 0.1) is 0 Å². The van der Waals surface area contributed by atoms with E-state index in [0.29, 0.717) is 17.8 Å². The summed E-state index contributed by atoms with van der Waals surface area (Å²) in [5, 5.41) is 1.75. The first-order chi connectivity index (χ1) is 22.3. The summed E-state index contributed by atoms with van der Waals surface area (Å²) in [6.45, 7) is 14.3. The van der Waals surface area contributed by atoms with E-state index in [1.165, 1.54) is 80.9 Å². The Kier molecular flexibility index (Phi) is 12.7. The van der Waals surface area contributed by atoms with Gasteiger partial charge in [0.1, 0.15) is 0 Å². The molecule has 4 aromatic rings. The van der Waals surface area contributed by atoms with Gasteiger partial charge in [0.25, 0.3) is 0 Å². The van der Waals surface area contributed by atoms with Gasteiger partial charge in [-0.3, -0.25) is 0 Å². The Hall–Kier alpha value is -2.69. The first-order valence-corrected chi connectivity index (χ1v) is 20.0. The van der Waals surface area contributed by atoms with Crippen LogP contribution in [0.25, 0.3) is 22.3 Å². The Labute approximate surface area is 283 Å². The second-order valence-electron chi connectivity index (χ2n) is 14.8. The van der Waals surface area contributed by atoms with Crippen LogP contribution in [-0.4, -0.2) is 11.3 Å². The zero-order chi connectivity index (χ0) is 32.5. The highest BCUT2D eigenvalue weighted by Crippen LogP contribution is 2.56. The smallest absolute Gasteiger partial charge is 0.0101 e. The predicted octanol–water partition coefficient (Wildman–Crippen LogP) is 13.8. The number of rotatable bonds is 8. The molecule has 0 N–H and O–H groups in total. The molecule has 0 spiro atoms. The van der Waals surface area contributed by atoms with E-state index in [9.17, 15) is 0 Å². The molecule has 0 atom stereocenters. The third-order valence-electron chi connectivity index (χ3n) is 10.4. The minimum absolute atomic E-state index is 0.120. The van der Waals surface area contributed by atoms with Crippen LogP contribution in [0.3, 0.4) is 0 Å². The number of hydrogen-bond donors (Lipinski definition) is 0. The standard InChI is InChI=1S/C33H49P.C12H10/c1-23(2)26-21-30(24(3)4)33(31(22-26)25(5)6)29-19-13-14-20-32(29)34(27-15-9-7-10-16-27)28-17-11-8-12-18-28;1-3-7-11(8-4-1)12-9-5-2-6-10-12/h13-14,19-25,27-28H,7-12,15-18H2,1-6H3;1-10H. The fourth-order valence-electron chi connectivity index (χ4n) is 7.85. The molecule has 2 aliphatic carbocycles. The lowest BCUT2D eigenvalue weighted by molar-refractivity contribution is 0.487. The second-order valence-corrected chi connectivity index (χ2v) is 17.5. The molecule has 6 rings (SSSR count). The van der Waals surface area contributed by atoms with Crippen molar-refractivity contribution in [3.8, 4) is 22.3 Å². The van der Waals surface area contributed by atoms with Gasteiger partial charge in [-0.25, -0.2) is 0 Å². The van der Waals surface area contributed by atoms with Gasteiger partial charge in [-0.1, -0.05) is 185 Å². The maximum absolute atomic E-state index is 2.56. The van der Waals surface area contributed by atoms with E-state index in [-0.39, 0.29) is 7.92 Å². The minimum Gasteiger partial charge on any atom is -0.0683 e. The topological polar surface area (TPSA) is 0 Å². The Balaban J connectivity index is 0.000000289. The normalized spacial score (nSPS) is 16.2. The van der Waals surface area contributed by atoms with Crippen molar-refractivity contribution in [1.82, 2.24) is 0 Å².